The Morgan fingerprint density at radius 3 is 2.88 bits per heavy atom. The Balaban J connectivity index is 2.15. The topological polar surface area (TPSA) is 92.3 Å². The summed E-state index contributed by atoms with van der Waals surface area (Å²) in [5.41, 5.74) is 1.01. The van der Waals surface area contributed by atoms with Gasteiger partial charge in [0.1, 0.15) is 11.6 Å². The van der Waals surface area contributed by atoms with E-state index in [0.717, 1.165) is 23.8 Å². The van der Waals surface area contributed by atoms with Gasteiger partial charge in [-0.05, 0) is 20.3 Å². The molecule has 17 heavy (non-hydrogen) atoms. The van der Waals surface area contributed by atoms with E-state index in [-0.39, 0.29) is 6.04 Å². The number of aryl methyl sites for hydroxylation is 2. The number of aromatic amines is 1. The molecule has 2 rings (SSSR count). The minimum absolute atomic E-state index is 0.0484. The number of nitrogens with zero attached hydrogens (tertiary/aromatic N) is 5. The number of H-pyrrole nitrogens is 1. The van der Waals surface area contributed by atoms with Gasteiger partial charge in [-0.1, -0.05) is 12.1 Å². The predicted molar refractivity (Wildman–Crippen MR) is 62.4 cm³/mol. The maximum absolute atomic E-state index is 4.32. The molecule has 1 atom stereocenters. The molecule has 0 aromatic carbocycles. The van der Waals surface area contributed by atoms with Crippen LogP contribution in [0.3, 0.4) is 0 Å². The summed E-state index contributed by atoms with van der Waals surface area (Å²) >= 11 is 0. The smallest absolute Gasteiger partial charge is 0.196 e. The zero-order chi connectivity index (χ0) is 12.3. The molecule has 2 aromatic rings. The number of tetrazole rings is 1. The van der Waals surface area contributed by atoms with Gasteiger partial charge in [-0.2, -0.15) is 5.21 Å². The number of hydrogen-bond donors (Lipinski definition) is 2. The molecule has 1 unspecified atom stereocenters. The van der Waals surface area contributed by atoms with E-state index in [0.29, 0.717) is 5.82 Å². The fourth-order valence-electron chi connectivity index (χ4n) is 1.52. The standard InChI is InChI=1S/C10H15N7/c1-4-8-5-9(13-7(3)12-8)11-6(2)10-14-16-17-15-10/h5-6H,4H2,1-3H3,(H,11,12,13)(H,14,15,16,17). The first-order chi connectivity index (χ1) is 8.19. The summed E-state index contributed by atoms with van der Waals surface area (Å²) in [5, 5.41) is 17.0. The predicted octanol–water partition coefficient (Wildman–Crippen LogP) is 1.03. The van der Waals surface area contributed by atoms with Crippen LogP contribution in [-0.4, -0.2) is 30.6 Å². The molecule has 7 nitrogen and oxygen atoms in total. The van der Waals surface area contributed by atoms with Crippen LogP contribution >= 0.6 is 0 Å². The van der Waals surface area contributed by atoms with Gasteiger partial charge in [-0.15, -0.1) is 10.2 Å². The molecular weight excluding hydrogens is 218 g/mol. The van der Waals surface area contributed by atoms with Crippen molar-refractivity contribution in [3.63, 3.8) is 0 Å². The van der Waals surface area contributed by atoms with Gasteiger partial charge in [0.25, 0.3) is 0 Å². The molecule has 0 aliphatic rings. The van der Waals surface area contributed by atoms with Crippen LogP contribution < -0.4 is 5.32 Å². The lowest BCUT2D eigenvalue weighted by atomic mass is 10.3. The highest BCUT2D eigenvalue weighted by Crippen LogP contribution is 2.14. The molecule has 0 saturated carbocycles. The fourth-order valence-corrected chi connectivity index (χ4v) is 1.52. The summed E-state index contributed by atoms with van der Waals surface area (Å²) in [5.74, 6) is 2.15. The van der Waals surface area contributed by atoms with E-state index in [2.05, 4.69) is 42.8 Å². The Kier molecular flexibility index (Phi) is 3.27. The summed E-state index contributed by atoms with van der Waals surface area (Å²) in [6.07, 6.45) is 0.884. The van der Waals surface area contributed by atoms with E-state index in [1.165, 1.54) is 0 Å². The quantitative estimate of drug-likeness (QED) is 0.819. The summed E-state index contributed by atoms with van der Waals surface area (Å²) in [7, 11) is 0. The summed E-state index contributed by atoms with van der Waals surface area (Å²) < 4.78 is 0. The molecule has 90 valence electrons. The van der Waals surface area contributed by atoms with Gasteiger partial charge >= 0.3 is 0 Å². The van der Waals surface area contributed by atoms with E-state index in [9.17, 15) is 0 Å². The van der Waals surface area contributed by atoms with Gasteiger partial charge in [0, 0.05) is 11.8 Å². The number of rotatable bonds is 4. The Hall–Kier alpha value is -2.05. The van der Waals surface area contributed by atoms with E-state index >= 15 is 0 Å². The molecule has 0 fully saturated rings. The first-order valence-corrected chi connectivity index (χ1v) is 5.53. The highest BCUT2D eigenvalue weighted by Gasteiger charge is 2.11. The second-order valence-corrected chi connectivity index (χ2v) is 3.78. The Bertz CT molecular complexity index is 479. The summed E-state index contributed by atoms with van der Waals surface area (Å²) in [6, 6.07) is 1.89. The van der Waals surface area contributed by atoms with E-state index in [1.54, 1.807) is 0 Å². The van der Waals surface area contributed by atoms with Gasteiger partial charge in [0.05, 0.1) is 6.04 Å². The third-order valence-corrected chi connectivity index (χ3v) is 2.37. The van der Waals surface area contributed by atoms with Crippen LogP contribution in [0.5, 0.6) is 0 Å². The van der Waals surface area contributed by atoms with Crippen molar-refractivity contribution in [2.75, 3.05) is 5.32 Å². The number of aromatic nitrogens is 6. The van der Waals surface area contributed by atoms with Gasteiger partial charge in [0.15, 0.2) is 5.82 Å². The molecule has 7 heteroatoms. The largest absolute Gasteiger partial charge is 0.360 e. The van der Waals surface area contributed by atoms with Crippen LogP contribution in [0.15, 0.2) is 6.07 Å². The molecule has 2 N–H and O–H groups in total. The van der Waals surface area contributed by atoms with E-state index in [1.807, 2.05) is 19.9 Å². The average Bonchev–Trinajstić information content (AvgIpc) is 2.81. The average molecular weight is 233 g/mol. The van der Waals surface area contributed by atoms with Gasteiger partial charge in [0.2, 0.25) is 0 Å². The minimum atomic E-state index is -0.0484. The molecule has 0 amide bonds. The third-order valence-electron chi connectivity index (χ3n) is 2.37. The maximum atomic E-state index is 4.32. The fraction of sp³-hybridized carbons (Fsp3) is 0.500. The van der Waals surface area contributed by atoms with Crippen LogP contribution in [0.25, 0.3) is 0 Å². The van der Waals surface area contributed by atoms with Crippen LogP contribution in [0.1, 0.15) is 37.2 Å². The minimum Gasteiger partial charge on any atom is -0.360 e. The second-order valence-electron chi connectivity index (χ2n) is 3.78. The molecular formula is C10H15N7. The molecule has 0 radical (unpaired) electrons. The number of nitrogens with one attached hydrogen (secondary N) is 2. The lowest BCUT2D eigenvalue weighted by Gasteiger charge is -2.11. The molecule has 0 spiro atoms. The van der Waals surface area contributed by atoms with Crippen LogP contribution in [0.4, 0.5) is 5.82 Å². The number of hydrogen-bond acceptors (Lipinski definition) is 6. The van der Waals surface area contributed by atoms with Crippen molar-refractivity contribution in [1.29, 1.82) is 0 Å². The maximum Gasteiger partial charge on any atom is 0.196 e. The first-order valence-electron chi connectivity index (χ1n) is 5.53. The zero-order valence-electron chi connectivity index (χ0n) is 10.1. The molecule has 0 saturated heterocycles. The lowest BCUT2D eigenvalue weighted by Crippen LogP contribution is -2.11. The molecule has 2 aromatic heterocycles. The van der Waals surface area contributed by atoms with Crippen LogP contribution in [0, 0.1) is 6.92 Å². The highest BCUT2D eigenvalue weighted by molar-refractivity contribution is 5.37. The molecule has 2 heterocycles. The Labute approximate surface area is 99.1 Å². The van der Waals surface area contributed by atoms with Crippen molar-refractivity contribution in [3.05, 3.63) is 23.4 Å². The SMILES string of the molecule is CCc1cc(NC(C)c2nn[nH]n2)nc(C)n1. The first kappa shape index (κ1) is 11.4. The van der Waals surface area contributed by atoms with Crippen LogP contribution in [0.2, 0.25) is 0 Å². The van der Waals surface area contributed by atoms with Crippen molar-refractivity contribution in [1.82, 2.24) is 30.6 Å². The zero-order valence-corrected chi connectivity index (χ0v) is 10.1. The van der Waals surface area contributed by atoms with E-state index < -0.39 is 0 Å². The van der Waals surface area contributed by atoms with Crippen molar-refractivity contribution < 1.29 is 0 Å². The summed E-state index contributed by atoms with van der Waals surface area (Å²) in [6.45, 7) is 5.89. The third kappa shape index (κ3) is 2.74. The monoisotopic (exact) mass is 233 g/mol. The Morgan fingerprint density at radius 2 is 2.24 bits per heavy atom. The van der Waals surface area contributed by atoms with Crippen molar-refractivity contribution in [3.8, 4) is 0 Å². The highest BCUT2D eigenvalue weighted by atomic mass is 15.5. The van der Waals surface area contributed by atoms with Crippen molar-refractivity contribution >= 4 is 5.82 Å². The lowest BCUT2D eigenvalue weighted by molar-refractivity contribution is 0.783. The summed E-state index contributed by atoms with van der Waals surface area (Å²) in [4.78, 5) is 8.64. The Morgan fingerprint density at radius 1 is 1.41 bits per heavy atom. The van der Waals surface area contributed by atoms with Gasteiger partial charge in [-0.25, -0.2) is 9.97 Å². The van der Waals surface area contributed by atoms with Crippen LogP contribution in [-0.2, 0) is 6.42 Å². The van der Waals surface area contributed by atoms with Crippen molar-refractivity contribution in [2.45, 2.75) is 33.2 Å². The normalized spacial score (nSPS) is 12.4. The molecule has 0 aliphatic heterocycles. The second kappa shape index (κ2) is 4.86. The molecule has 0 aliphatic carbocycles. The molecule has 0 bridgehead atoms. The van der Waals surface area contributed by atoms with Gasteiger partial charge < -0.3 is 5.32 Å². The number of anilines is 1. The van der Waals surface area contributed by atoms with E-state index in [4.69, 9.17) is 0 Å². The van der Waals surface area contributed by atoms with Gasteiger partial charge in [-0.3, -0.25) is 0 Å². The van der Waals surface area contributed by atoms with Crippen molar-refractivity contribution in [2.24, 2.45) is 0 Å².